The monoisotopic (exact) mass is 550 g/mol. The molecular weight excluding hydrogens is 511 g/mol. The van der Waals surface area contributed by atoms with Gasteiger partial charge in [-0.3, -0.25) is 0 Å². The van der Waals surface area contributed by atoms with E-state index in [1.165, 1.54) is 0 Å². The van der Waals surface area contributed by atoms with Crippen molar-refractivity contribution in [3.05, 3.63) is 0 Å². The summed E-state index contributed by atoms with van der Waals surface area (Å²) in [4.78, 5) is 0. The van der Waals surface area contributed by atoms with Gasteiger partial charge in [-0.2, -0.15) is 0 Å². The molecule has 0 amide bonds. The highest BCUT2D eigenvalue weighted by Crippen LogP contribution is 2.46. The van der Waals surface area contributed by atoms with Crippen molar-refractivity contribution in [1.29, 1.82) is 0 Å². The lowest BCUT2D eigenvalue weighted by molar-refractivity contribution is -0.240. The fourth-order valence-corrected chi connectivity index (χ4v) is 6.48. The number of hydrogen-bond donors (Lipinski definition) is 0. The van der Waals surface area contributed by atoms with E-state index in [-0.39, 0.29) is 58.9 Å². The molecule has 212 valence electrons. The van der Waals surface area contributed by atoms with Crippen molar-refractivity contribution in [3.63, 3.8) is 0 Å². The van der Waals surface area contributed by atoms with Crippen LogP contribution in [-0.2, 0) is 56.4 Å². The van der Waals surface area contributed by atoms with Gasteiger partial charge in [-0.05, 0) is 55.4 Å². The van der Waals surface area contributed by atoms with Crippen LogP contribution in [0.1, 0.15) is 55.4 Å². The maximum Gasteiger partial charge on any atom is 0.190 e. The molecule has 6 heterocycles. The first kappa shape index (κ1) is 27.1. The zero-order valence-corrected chi connectivity index (χ0v) is 23.6. The van der Waals surface area contributed by atoms with Crippen LogP contribution in [0.4, 0.5) is 0 Å². The van der Waals surface area contributed by atoms with Crippen molar-refractivity contribution >= 4 is 9.03 Å². The molecule has 0 saturated carbocycles. The Morgan fingerprint density at radius 1 is 0.459 bits per heavy atom. The van der Waals surface area contributed by atoms with Crippen LogP contribution >= 0.6 is 9.03 Å². The minimum Gasteiger partial charge on any atom is -0.342 e. The Bertz CT molecular complexity index is 799. The molecule has 0 radical (unpaired) electrons. The molecule has 0 unspecified atom stereocenters. The fraction of sp³-hybridized carbons (Fsp3) is 1.00. The number of rotatable bonds is 6. The smallest absolute Gasteiger partial charge is 0.190 e. The van der Waals surface area contributed by atoms with Gasteiger partial charge in [0, 0.05) is 0 Å². The topological polar surface area (TPSA) is 111 Å². The normalized spacial score (nSPS) is 48.3. The van der Waals surface area contributed by atoms with Gasteiger partial charge in [0.05, 0.1) is 13.2 Å². The SMILES string of the molecule is CC1(C)O[C@H]2[C@@H](O1)[C@@H](COPOC[C@H]1O[C@@H]3OC(C)(C)O[C@@H]3[C@H]3OC(C)(C)O[C@H]31)O[C@@H]1OC(C)(C)O[C@@H]12. The molecule has 10 atom stereocenters. The van der Waals surface area contributed by atoms with E-state index in [2.05, 4.69) is 0 Å². The second-order valence-corrected chi connectivity index (χ2v) is 12.9. The van der Waals surface area contributed by atoms with Crippen LogP contribution in [0.3, 0.4) is 0 Å². The molecular formula is C24H39O12P. The molecule has 6 aliphatic heterocycles. The van der Waals surface area contributed by atoms with Crippen molar-refractivity contribution in [1.82, 2.24) is 0 Å². The van der Waals surface area contributed by atoms with E-state index in [0.29, 0.717) is 0 Å². The molecule has 0 aromatic carbocycles. The van der Waals surface area contributed by atoms with E-state index in [1.54, 1.807) is 0 Å². The maximum atomic E-state index is 6.18. The van der Waals surface area contributed by atoms with E-state index < -0.39 is 47.9 Å². The molecule has 0 spiro atoms. The van der Waals surface area contributed by atoms with Crippen molar-refractivity contribution < 1.29 is 56.4 Å². The molecule has 6 aliphatic rings. The summed E-state index contributed by atoms with van der Waals surface area (Å²) in [6.07, 6.45) is -4.04. The van der Waals surface area contributed by atoms with Crippen LogP contribution in [-0.4, -0.2) is 97.8 Å². The van der Waals surface area contributed by atoms with Crippen molar-refractivity contribution in [2.24, 2.45) is 0 Å². The second kappa shape index (κ2) is 9.24. The first-order valence-corrected chi connectivity index (χ1v) is 13.7. The quantitative estimate of drug-likeness (QED) is 0.358. The largest absolute Gasteiger partial charge is 0.342 e. The zero-order valence-electron chi connectivity index (χ0n) is 22.6. The van der Waals surface area contributed by atoms with E-state index in [0.717, 1.165) is 0 Å². The highest BCUT2D eigenvalue weighted by Gasteiger charge is 2.62. The van der Waals surface area contributed by atoms with Crippen LogP contribution < -0.4 is 0 Å². The molecule has 0 aromatic heterocycles. The molecule has 0 aliphatic carbocycles. The summed E-state index contributed by atoms with van der Waals surface area (Å²) in [5, 5.41) is 0. The first-order chi connectivity index (χ1) is 17.2. The van der Waals surface area contributed by atoms with Crippen LogP contribution in [0.25, 0.3) is 0 Å². The maximum absolute atomic E-state index is 6.18. The van der Waals surface area contributed by atoms with Crippen molar-refractivity contribution in [2.75, 3.05) is 13.2 Å². The van der Waals surface area contributed by atoms with Gasteiger partial charge in [-0.25, -0.2) is 0 Å². The van der Waals surface area contributed by atoms with Crippen LogP contribution in [0.15, 0.2) is 0 Å². The Morgan fingerprint density at radius 3 is 1.19 bits per heavy atom. The van der Waals surface area contributed by atoms with E-state index in [9.17, 15) is 0 Å². The summed E-state index contributed by atoms with van der Waals surface area (Å²) in [5.74, 6) is -3.05. The van der Waals surface area contributed by atoms with Crippen LogP contribution in [0.5, 0.6) is 0 Å². The van der Waals surface area contributed by atoms with E-state index in [4.69, 9.17) is 56.4 Å². The molecule has 0 aromatic rings. The number of ether oxygens (including phenoxy) is 10. The summed E-state index contributed by atoms with van der Waals surface area (Å²) >= 11 is 0. The predicted octanol–water partition coefficient (Wildman–Crippen LogP) is 2.32. The average Bonchev–Trinajstić information content (AvgIpc) is 3.45. The van der Waals surface area contributed by atoms with Gasteiger partial charge in [0.25, 0.3) is 0 Å². The molecule has 12 nitrogen and oxygen atoms in total. The molecule has 6 fully saturated rings. The highest BCUT2D eigenvalue weighted by molar-refractivity contribution is 7.26. The molecule has 0 bridgehead atoms. The minimum absolute atomic E-state index is 0.242. The third-order valence-corrected chi connectivity index (χ3v) is 7.68. The zero-order chi connectivity index (χ0) is 26.4. The molecule has 13 heteroatoms. The van der Waals surface area contributed by atoms with E-state index in [1.807, 2.05) is 55.4 Å². The van der Waals surface area contributed by atoms with Crippen LogP contribution in [0, 0.1) is 0 Å². The second-order valence-electron chi connectivity index (χ2n) is 12.1. The summed E-state index contributed by atoms with van der Waals surface area (Å²) < 4.78 is 72.6. The summed E-state index contributed by atoms with van der Waals surface area (Å²) in [7, 11) is -0.254. The predicted molar refractivity (Wildman–Crippen MR) is 125 cm³/mol. The third kappa shape index (κ3) is 5.36. The van der Waals surface area contributed by atoms with Gasteiger partial charge in [-0.1, -0.05) is 0 Å². The van der Waals surface area contributed by atoms with Crippen LogP contribution in [0.2, 0.25) is 0 Å². The Balaban J connectivity index is 1.03. The lowest BCUT2D eigenvalue weighted by atomic mass is 9.99. The summed E-state index contributed by atoms with van der Waals surface area (Å²) in [5.41, 5.74) is 0. The first-order valence-electron chi connectivity index (χ1n) is 12.9. The Labute approximate surface area is 219 Å². The Hall–Kier alpha value is -0.0500. The van der Waals surface area contributed by atoms with Gasteiger partial charge >= 0.3 is 0 Å². The van der Waals surface area contributed by atoms with Gasteiger partial charge in [0.1, 0.15) is 48.8 Å². The summed E-state index contributed by atoms with van der Waals surface area (Å²) in [6.45, 7) is 15.4. The van der Waals surface area contributed by atoms with Crippen molar-refractivity contribution in [2.45, 2.75) is 140 Å². The molecule has 37 heavy (non-hydrogen) atoms. The van der Waals surface area contributed by atoms with E-state index >= 15 is 0 Å². The molecule has 6 saturated heterocycles. The van der Waals surface area contributed by atoms with Gasteiger partial charge in [-0.15, -0.1) is 0 Å². The Morgan fingerprint density at radius 2 is 0.784 bits per heavy atom. The number of hydrogen-bond acceptors (Lipinski definition) is 12. The van der Waals surface area contributed by atoms with Gasteiger partial charge < -0.3 is 56.4 Å². The standard InChI is InChI=1S/C24H39O12P/c1-21(2)29-13-11(27-19-17(15(13)31-21)33-23(5,6)35-19)9-25-37-26-10-12-14-16(32-22(3,4)30-14)18-20(28-12)36-24(7,8)34-18/h11-20,37H,9-10H2,1-8H3/t11-,12-,13+,14+,15+,16+,17-,18-,19-,20-/m1/s1. The van der Waals surface area contributed by atoms with Gasteiger partial charge in [0.2, 0.25) is 0 Å². The van der Waals surface area contributed by atoms with Gasteiger partial charge in [0.15, 0.2) is 44.8 Å². The lowest BCUT2D eigenvalue weighted by Crippen LogP contribution is -2.56. The number of fused-ring (bicyclic) bond motifs is 6. The highest BCUT2D eigenvalue weighted by atomic mass is 31.1. The lowest BCUT2D eigenvalue weighted by Gasteiger charge is -2.37. The summed E-state index contributed by atoms with van der Waals surface area (Å²) in [6, 6.07) is 0. The molecule has 6 rings (SSSR count). The molecule has 0 N–H and O–H groups in total. The fourth-order valence-electron chi connectivity index (χ4n) is 5.93. The minimum atomic E-state index is -0.767. The average molecular weight is 551 g/mol. The Kier molecular flexibility index (Phi) is 6.77. The van der Waals surface area contributed by atoms with Crippen molar-refractivity contribution in [3.8, 4) is 0 Å². The third-order valence-electron chi connectivity index (χ3n) is 7.11.